The topological polar surface area (TPSA) is 68.5 Å². The maximum absolute atomic E-state index is 12.7. The van der Waals surface area contributed by atoms with Crippen LogP contribution in [0.3, 0.4) is 0 Å². The Morgan fingerprint density at radius 3 is 2.24 bits per heavy atom. The summed E-state index contributed by atoms with van der Waals surface area (Å²) in [7, 11) is 4.53. The molecule has 0 amide bonds. The molecule has 0 bridgehead atoms. The van der Waals surface area contributed by atoms with Gasteiger partial charge in [-0.3, -0.25) is 4.79 Å². The van der Waals surface area contributed by atoms with E-state index in [1.54, 1.807) is 36.4 Å². The van der Waals surface area contributed by atoms with Crippen LogP contribution in [0, 0.1) is 11.3 Å². The number of Topliss-reactive ketones (excluding diaryl/α,β-unsaturated/α-hetero) is 1. The third-order valence-corrected chi connectivity index (χ3v) is 4.21. The predicted molar refractivity (Wildman–Crippen MR) is 98.2 cm³/mol. The zero-order chi connectivity index (χ0) is 18.4. The van der Waals surface area contributed by atoms with Crippen LogP contribution >= 0.6 is 15.9 Å². The summed E-state index contributed by atoms with van der Waals surface area (Å²) in [5.74, 6) is 1.04. The molecule has 0 N–H and O–H groups in total. The summed E-state index contributed by atoms with van der Waals surface area (Å²) in [5, 5.41) is 9.45. The minimum absolute atomic E-state index is 0.0163. The zero-order valence-corrected chi connectivity index (χ0v) is 15.6. The van der Waals surface area contributed by atoms with Gasteiger partial charge in [0.2, 0.25) is 5.78 Å². The number of carbonyl (C=O) groups excluding carboxylic acids is 1. The highest BCUT2D eigenvalue weighted by atomic mass is 79.9. The van der Waals surface area contributed by atoms with Crippen LogP contribution in [0.15, 0.2) is 46.4 Å². The van der Waals surface area contributed by atoms with Crippen molar-refractivity contribution in [3.05, 3.63) is 57.6 Å². The average Bonchev–Trinajstić information content (AvgIpc) is 2.66. The number of ketones is 1. The molecule has 6 heteroatoms. The molecule has 0 aliphatic rings. The van der Waals surface area contributed by atoms with E-state index >= 15 is 0 Å². The van der Waals surface area contributed by atoms with Crippen molar-refractivity contribution in [1.82, 2.24) is 0 Å². The molecule has 0 heterocycles. The Kier molecular flexibility index (Phi) is 6.20. The van der Waals surface area contributed by atoms with E-state index in [4.69, 9.17) is 14.2 Å². The first-order chi connectivity index (χ1) is 12.0. The van der Waals surface area contributed by atoms with Crippen LogP contribution in [0.25, 0.3) is 6.08 Å². The molecule has 0 saturated carbocycles. The fourth-order valence-corrected chi connectivity index (χ4v) is 2.70. The van der Waals surface area contributed by atoms with Gasteiger partial charge in [-0.1, -0.05) is 28.1 Å². The van der Waals surface area contributed by atoms with Gasteiger partial charge in [0.15, 0.2) is 11.5 Å². The fraction of sp³-hybridized carbons (Fsp3) is 0.158. The van der Waals surface area contributed by atoms with Gasteiger partial charge in [0.25, 0.3) is 0 Å². The first-order valence-corrected chi connectivity index (χ1v) is 8.06. The molecule has 2 rings (SSSR count). The van der Waals surface area contributed by atoms with Crippen LogP contribution in [0.2, 0.25) is 0 Å². The molecule has 0 fully saturated rings. The van der Waals surface area contributed by atoms with Gasteiger partial charge < -0.3 is 14.2 Å². The second kappa shape index (κ2) is 8.36. The lowest BCUT2D eigenvalue weighted by Gasteiger charge is -2.10. The van der Waals surface area contributed by atoms with Crippen LogP contribution < -0.4 is 14.2 Å². The summed E-state index contributed by atoms with van der Waals surface area (Å²) >= 11 is 3.42. The van der Waals surface area contributed by atoms with E-state index in [0.29, 0.717) is 32.8 Å². The number of ether oxygens (including phenoxy) is 3. The van der Waals surface area contributed by atoms with Crippen molar-refractivity contribution in [2.75, 3.05) is 21.3 Å². The maximum Gasteiger partial charge on any atom is 0.207 e. The number of halogens is 1. The Labute approximate surface area is 154 Å². The fourth-order valence-electron chi connectivity index (χ4n) is 2.26. The average molecular weight is 402 g/mol. The number of allylic oxidation sites excluding steroid dienone is 1. The summed E-state index contributed by atoms with van der Waals surface area (Å²) in [5.41, 5.74) is 0.935. The molecular weight excluding hydrogens is 386 g/mol. The number of nitrogens with zero attached hydrogens (tertiary/aromatic N) is 1. The lowest BCUT2D eigenvalue weighted by molar-refractivity contribution is 0.103. The smallest absolute Gasteiger partial charge is 0.207 e. The maximum atomic E-state index is 12.7. The van der Waals surface area contributed by atoms with Crippen molar-refractivity contribution in [3.63, 3.8) is 0 Å². The van der Waals surface area contributed by atoms with Crippen molar-refractivity contribution >= 4 is 27.8 Å². The number of carbonyl (C=O) groups is 1. The van der Waals surface area contributed by atoms with E-state index in [1.807, 2.05) is 6.07 Å². The lowest BCUT2D eigenvalue weighted by Crippen LogP contribution is -2.04. The number of hydrogen-bond donors (Lipinski definition) is 0. The highest BCUT2D eigenvalue weighted by Gasteiger charge is 2.17. The van der Waals surface area contributed by atoms with Crippen molar-refractivity contribution in [3.8, 4) is 23.3 Å². The second-order valence-corrected chi connectivity index (χ2v) is 5.78. The van der Waals surface area contributed by atoms with Crippen molar-refractivity contribution in [2.24, 2.45) is 0 Å². The normalized spacial score (nSPS) is 10.8. The van der Waals surface area contributed by atoms with Crippen molar-refractivity contribution < 1.29 is 19.0 Å². The minimum atomic E-state index is -0.415. The quantitative estimate of drug-likeness (QED) is 0.410. The number of nitriles is 1. The number of methoxy groups -OCH3 is 3. The number of para-hydroxylation sites is 1. The molecule has 0 saturated heterocycles. The van der Waals surface area contributed by atoms with E-state index in [-0.39, 0.29) is 5.57 Å². The molecule has 0 spiro atoms. The molecule has 128 valence electrons. The van der Waals surface area contributed by atoms with E-state index in [1.165, 1.54) is 27.4 Å². The van der Waals surface area contributed by atoms with Gasteiger partial charge in [-0.2, -0.15) is 5.26 Å². The van der Waals surface area contributed by atoms with Crippen LogP contribution in [-0.2, 0) is 0 Å². The van der Waals surface area contributed by atoms with Crippen LogP contribution in [0.1, 0.15) is 15.9 Å². The number of hydrogen-bond acceptors (Lipinski definition) is 5. The van der Waals surface area contributed by atoms with Crippen molar-refractivity contribution in [1.29, 1.82) is 5.26 Å². The standard InChI is InChI=1S/C19H16BrNO4/c1-23-16-7-5-4-6-14(16)19(22)13(11-21)8-12-9-17(24-2)18(25-3)10-15(12)20/h4-10H,1-3H3/b13-8+. The Hall–Kier alpha value is -2.78. The molecule has 0 aliphatic heterocycles. The number of rotatable bonds is 6. The number of benzene rings is 2. The highest BCUT2D eigenvalue weighted by Crippen LogP contribution is 2.34. The molecule has 0 atom stereocenters. The lowest BCUT2D eigenvalue weighted by atomic mass is 10.0. The summed E-state index contributed by atoms with van der Waals surface area (Å²) in [6, 6.07) is 12.1. The Morgan fingerprint density at radius 1 is 1.04 bits per heavy atom. The summed E-state index contributed by atoms with van der Waals surface area (Å²) in [6.45, 7) is 0. The summed E-state index contributed by atoms with van der Waals surface area (Å²) < 4.78 is 16.4. The molecule has 0 radical (unpaired) electrons. The molecule has 2 aromatic rings. The second-order valence-electron chi connectivity index (χ2n) is 4.93. The van der Waals surface area contributed by atoms with Crippen LogP contribution in [0.5, 0.6) is 17.2 Å². The van der Waals surface area contributed by atoms with Gasteiger partial charge in [-0.15, -0.1) is 0 Å². The molecule has 25 heavy (non-hydrogen) atoms. The van der Waals surface area contributed by atoms with Gasteiger partial charge in [-0.05, 0) is 35.9 Å². The summed E-state index contributed by atoms with van der Waals surface area (Å²) in [6.07, 6.45) is 1.50. The van der Waals surface area contributed by atoms with E-state index in [9.17, 15) is 10.1 Å². The first kappa shape index (κ1) is 18.6. The molecule has 0 aliphatic carbocycles. The summed E-state index contributed by atoms with van der Waals surface area (Å²) in [4.78, 5) is 12.7. The first-order valence-electron chi connectivity index (χ1n) is 7.26. The third-order valence-electron chi connectivity index (χ3n) is 3.52. The monoisotopic (exact) mass is 401 g/mol. The molecule has 0 unspecified atom stereocenters. The zero-order valence-electron chi connectivity index (χ0n) is 14.0. The molecular formula is C19H16BrNO4. The SMILES string of the molecule is COc1cc(Br)c(/C=C(\C#N)C(=O)c2ccccc2OC)cc1OC. The minimum Gasteiger partial charge on any atom is -0.496 e. The van der Waals surface area contributed by atoms with Gasteiger partial charge in [-0.25, -0.2) is 0 Å². The van der Waals surface area contributed by atoms with Crippen molar-refractivity contribution in [2.45, 2.75) is 0 Å². The third kappa shape index (κ3) is 4.01. The van der Waals surface area contributed by atoms with Crippen LogP contribution in [-0.4, -0.2) is 27.1 Å². The Bertz CT molecular complexity index is 868. The Balaban J connectivity index is 2.51. The van der Waals surface area contributed by atoms with E-state index in [2.05, 4.69) is 15.9 Å². The molecule has 2 aromatic carbocycles. The largest absolute Gasteiger partial charge is 0.496 e. The van der Waals surface area contributed by atoms with Gasteiger partial charge in [0, 0.05) is 4.47 Å². The Morgan fingerprint density at radius 2 is 1.64 bits per heavy atom. The predicted octanol–water partition coefficient (Wildman–Crippen LogP) is 4.26. The molecule has 0 aromatic heterocycles. The van der Waals surface area contributed by atoms with E-state index < -0.39 is 5.78 Å². The van der Waals surface area contributed by atoms with Gasteiger partial charge in [0.1, 0.15) is 17.4 Å². The van der Waals surface area contributed by atoms with Gasteiger partial charge >= 0.3 is 0 Å². The molecule has 5 nitrogen and oxygen atoms in total. The van der Waals surface area contributed by atoms with Crippen LogP contribution in [0.4, 0.5) is 0 Å². The highest BCUT2D eigenvalue weighted by molar-refractivity contribution is 9.10. The van der Waals surface area contributed by atoms with E-state index in [0.717, 1.165) is 0 Å². The van der Waals surface area contributed by atoms with Gasteiger partial charge in [0.05, 0.1) is 26.9 Å².